The van der Waals surface area contributed by atoms with Gasteiger partial charge in [-0.3, -0.25) is 4.79 Å². The molecule has 2 N–H and O–H groups in total. The standard InChI is InChI=1S/C14H9F3N2OS/c1-7-4-5-8-12(18-7)10(13(20)19-8)11(14(15,16)17)9-3-2-6-21-9/h2-6,18H,1H2,(H,19,20). The maximum absolute atomic E-state index is 13.4. The molecule has 0 unspecified atom stereocenters. The number of H-pyrrole nitrogens is 2. The fourth-order valence-electron chi connectivity index (χ4n) is 2.20. The van der Waals surface area contributed by atoms with E-state index in [4.69, 9.17) is 0 Å². The highest BCUT2D eigenvalue weighted by atomic mass is 32.1. The molecule has 108 valence electrons. The lowest BCUT2D eigenvalue weighted by atomic mass is 10.1. The van der Waals surface area contributed by atoms with E-state index in [1.54, 1.807) is 6.07 Å². The fourth-order valence-corrected chi connectivity index (χ4v) is 3.00. The smallest absolute Gasteiger partial charge is 0.354 e. The molecule has 1 aromatic heterocycles. The number of alkyl halides is 3. The van der Waals surface area contributed by atoms with Gasteiger partial charge in [-0.25, -0.2) is 0 Å². The van der Waals surface area contributed by atoms with Gasteiger partial charge >= 0.3 is 6.18 Å². The maximum atomic E-state index is 13.4. The van der Waals surface area contributed by atoms with Crippen molar-refractivity contribution in [2.75, 3.05) is 0 Å². The number of hydrogen-bond donors (Lipinski definition) is 2. The predicted molar refractivity (Wildman–Crippen MR) is 74.4 cm³/mol. The van der Waals surface area contributed by atoms with E-state index < -0.39 is 22.5 Å². The number of nitrogens with one attached hydrogen (secondary N) is 2. The van der Waals surface area contributed by atoms with E-state index >= 15 is 0 Å². The Morgan fingerprint density at radius 3 is 2.57 bits per heavy atom. The molecule has 0 radical (unpaired) electrons. The van der Waals surface area contributed by atoms with Crippen molar-refractivity contribution in [1.82, 2.24) is 9.97 Å². The lowest BCUT2D eigenvalue weighted by molar-refractivity contribution is -0.0693. The number of thiophene rings is 1. The van der Waals surface area contributed by atoms with Gasteiger partial charge in [0.1, 0.15) is 0 Å². The molecule has 3 rings (SSSR count). The first-order valence-corrected chi connectivity index (χ1v) is 6.81. The molecular formula is C14H9F3N2OS. The molecule has 0 saturated carbocycles. The van der Waals surface area contributed by atoms with Gasteiger partial charge in [-0.2, -0.15) is 13.2 Å². The SMILES string of the molecule is C=c1ccc2[nH]c(=O)c(=C(c3cccs3)C(F)(F)F)c=2[nH]1. The van der Waals surface area contributed by atoms with Gasteiger partial charge < -0.3 is 9.97 Å². The van der Waals surface area contributed by atoms with E-state index in [9.17, 15) is 18.0 Å². The van der Waals surface area contributed by atoms with Crippen LogP contribution < -0.4 is 16.1 Å². The van der Waals surface area contributed by atoms with Crippen LogP contribution in [0, 0.1) is 10.7 Å². The number of hydrogen-bond acceptors (Lipinski definition) is 2. The Hall–Kier alpha value is -2.28. The summed E-state index contributed by atoms with van der Waals surface area (Å²) in [4.78, 5) is 17.2. The highest BCUT2D eigenvalue weighted by Crippen LogP contribution is 2.33. The highest BCUT2D eigenvalue weighted by molar-refractivity contribution is 7.11. The van der Waals surface area contributed by atoms with E-state index in [2.05, 4.69) is 16.5 Å². The summed E-state index contributed by atoms with van der Waals surface area (Å²) in [5, 5.41) is 2.01. The van der Waals surface area contributed by atoms with E-state index in [1.807, 2.05) is 0 Å². The normalized spacial score (nSPS) is 13.7. The van der Waals surface area contributed by atoms with Gasteiger partial charge in [-0.15, -0.1) is 11.3 Å². The molecule has 0 atom stereocenters. The molecule has 0 saturated heterocycles. The summed E-state index contributed by atoms with van der Waals surface area (Å²) in [6.45, 7) is 3.65. The second kappa shape index (κ2) is 4.63. The van der Waals surface area contributed by atoms with Gasteiger partial charge in [0.25, 0.3) is 5.56 Å². The molecule has 7 heteroatoms. The van der Waals surface area contributed by atoms with Crippen molar-refractivity contribution in [1.29, 1.82) is 0 Å². The summed E-state index contributed by atoms with van der Waals surface area (Å²) in [7, 11) is 0. The third-order valence-corrected chi connectivity index (χ3v) is 3.92. The van der Waals surface area contributed by atoms with E-state index in [0.717, 1.165) is 11.3 Å². The van der Waals surface area contributed by atoms with Crippen LogP contribution in [0.3, 0.4) is 0 Å². The van der Waals surface area contributed by atoms with Crippen molar-refractivity contribution in [3.05, 3.63) is 66.1 Å². The zero-order chi connectivity index (χ0) is 15.2. The Bertz CT molecular complexity index is 1010. The quantitative estimate of drug-likeness (QED) is 0.706. The third-order valence-electron chi connectivity index (χ3n) is 3.03. The second-order valence-corrected chi connectivity index (χ2v) is 5.40. The van der Waals surface area contributed by atoms with Crippen LogP contribution >= 0.6 is 11.3 Å². The van der Waals surface area contributed by atoms with E-state index in [1.165, 1.54) is 23.6 Å². The molecule has 2 aliphatic rings. The summed E-state index contributed by atoms with van der Waals surface area (Å²) >= 11 is 0.938. The topological polar surface area (TPSA) is 48.6 Å². The van der Waals surface area contributed by atoms with Gasteiger partial charge in [-0.05, 0) is 23.6 Å². The third kappa shape index (κ3) is 2.29. The summed E-state index contributed by atoms with van der Waals surface area (Å²) in [5.41, 5.74) is -1.71. The van der Waals surface area contributed by atoms with Gasteiger partial charge in [0, 0.05) is 10.2 Å². The lowest BCUT2D eigenvalue weighted by Gasteiger charge is -2.08. The first kappa shape index (κ1) is 13.7. The minimum absolute atomic E-state index is 0.00312. The van der Waals surface area contributed by atoms with E-state index in [-0.39, 0.29) is 10.2 Å². The molecule has 1 aromatic rings. The van der Waals surface area contributed by atoms with Crippen LogP contribution in [0.15, 0.2) is 34.4 Å². The largest absolute Gasteiger partial charge is 0.418 e. The van der Waals surface area contributed by atoms with Gasteiger partial charge in [-0.1, -0.05) is 12.6 Å². The Morgan fingerprint density at radius 1 is 1.19 bits per heavy atom. The summed E-state index contributed by atoms with van der Waals surface area (Å²) in [5.74, 6) is 0. The molecule has 0 fully saturated rings. The highest BCUT2D eigenvalue weighted by Gasteiger charge is 2.37. The monoisotopic (exact) mass is 310 g/mol. The van der Waals surface area contributed by atoms with Crippen molar-refractivity contribution >= 4 is 23.5 Å². The lowest BCUT2D eigenvalue weighted by Crippen LogP contribution is -2.32. The Labute approximate surface area is 119 Å². The molecule has 3 heterocycles. The second-order valence-electron chi connectivity index (χ2n) is 4.45. The molecule has 0 bridgehead atoms. The van der Waals surface area contributed by atoms with Crippen molar-refractivity contribution in [3.8, 4) is 0 Å². The Morgan fingerprint density at radius 2 is 1.95 bits per heavy atom. The number of halogens is 3. The average Bonchev–Trinajstić information content (AvgIpc) is 2.98. The first-order chi connectivity index (χ1) is 9.88. The van der Waals surface area contributed by atoms with Crippen LogP contribution in [0.2, 0.25) is 0 Å². The summed E-state index contributed by atoms with van der Waals surface area (Å²) in [6, 6.07) is 5.98. The molecular weight excluding hydrogens is 301 g/mol. The molecule has 0 amide bonds. The van der Waals surface area contributed by atoms with Crippen LogP contribution in [-0.4, -0.2) is 16.1 Å². The van der Waals surface area contributed by atoms with Crippen LogP contribution in [0.5, 0.6) is 0 Å². The Kier molecular flexibility index (Phi) is 3.02. The zero-order valence-electron chi connectivity index (χ0n) is 10.5. The first-order valence-electron chi connectivity index (χ1n) is 5.93. The van der Waals surface area contributed by atoms with Crippen LogP contribution in [-0.2, 0) is 0 Å². The average molecular weight is 310 g/mol. The van der Waals surface area contributed by atoms with Gasteiger partial charge in [0.05, 0.1) is 21.5 Å². The van der Waals surface area contributed by atoms with Crippen molar-refractivity contribution < 1.29 is 13.2 Å². The Balaban J connectivity index is 2.64. The minimum Gasteiger partial charge on any atom is -0.354 e. The molecule has 0 aromatic carbocycles. The van der Waals surface area contributed by atoms with Crippen LogP contribution in [0.1, 0.15) is 4.88 Å². The van der Waals surface area contributed by atoms with Gasteiger partial charge in [0.2, 0.25) is 0 Å². The number of rotatable bonds is 1. The van der Waals surface area contributed by atoms with Gasteiger partial charge in [0.15, 0.2) is 0 Å². The summed E-state index contributed by atoms with van der Waals surface area (Å²) < 4.78 is 40.3. The molecule has 3 nitrogen and oxygen atoms in total. The van der Waals surface area contributed by atoms with Crippen molar-refractivity contribution in [3.63, 3.8) is 0 Å². The predicted octanol–water partition coefficient (Wildman–Crippen LogP) is 1.66. The fraction of sp³-hybridized carbons (Fsp3) is 0.0714. The molecule has 0 aliphatic carbocycles. The van der Waals surface area contributed by atoms with Crippen molar-refractivity contribution in [2.24, 2.45) is 0 Å². The summed E-state index contributed by atoms with van der Waals surface area (Å²) in [6.07, 6.45) is -4.63. The molecule has 0 spiro atoms. The number of aromatic amines is 2. The number of aromatic nitrogens is 2. The minimum atomic E-state index is -4.63. The maximum Gasteiger partial charge on any atom is 0.418 e. The molecule has 21 heavy (non-hydrogen) atoms. The van der Waals surface area contributed by atoms with Crippen LogP contribution in [0.25, 0.3) is 12.2 Å². The van der Waals surface area contributed by atoms with E-state index in [0.29, 0.717) is 10.7 Å². The van der Waals surface area contributed by atoms with Crippen LogP contribution in [0.4, 0.5) is 13.2 Å². The van der Waals surface area contributed by atoms with Crippen molar-refractivity contribution in [2.45, 2.75) is 6.18 Å². The molecule has 2 aliphatic heterocycles. The zero-order valence-corrected chi connectivity index (χ0v) is 11.4.